The Morgan fingerprint density at radius 2 is 2.32 bits per heavy atom. The zero-order valence-electron chi connectivity index (χ0n) is 11.1. The number of hydrogen-bond donors (Lipinski definition) is 1. The summed E-state index contributed by atoms with van der Waals surface area (Å²) in [6.07, 6.45) is 0.994. The summed E-state index contributed by atoms with van der Waals surface area (Å²) >= 11 is 0. The molecular formula is C13H18FN3O2. The summed E-state index contributed by atoms with van der Waals surface area (Å²) in [5.41, 5.74) is 0.827. The fourth-order valence-corrected chi connectivity index (χ4v) is 2.56. The van der Waals surface area contributed by atoms with Gasteiger partial charge in [-0.1, -0.05) is 0 Å². The van der Waals surface area contributed by atoms with Gasteiger partial charge in [0, 0.05) is 13.1 Å². The third-order valence-corrected chi connectivity index (χ3v) is 3.57. The Kier molecular flexibility index (Phi) is 3.99. The molecule has 0 spiro atoms. The molecule has 5 nitrogen and oxygen atoms in total. The number of rotatable bonds is 4. The third kappa shape index (κ3) is 2.84. The van der Waals surface area contributed by atoms with Crippen molar-refractivity contribution < 1.29 is 9.31 Å². The van der Waals surface area contributed by atoms with Crippen LogP contribution in [0.2, 0.25) is 0 Å². The molecule has 0 aromatic heterocycles. The van der Waals surface area contributed by atoms with E-state index < -0.39 is 10.7 Å². The molecule has 0 aliphatic carbocycles. The van der Waals surface area contributed by atoms with Crippen molar-refractivity contribution in [2.75, 3.05) is 31.6 Å². The largest absolute Gasteiger partial charge is 0.366 e. The lowest BCUT2D eigenvalue weighted by Gasteiger charge is -2.19. The van der Waals surface area contributed by atoms with Gasteiger partial charge in [-0.2, -0.15) is 0 Å². The van der Waals surface area contributed by atoms with Gasteiger partial charge in [0.1, 0.15) is 11.5 Å². The summed E-state index contributed by atoms with van der Waals surface area (Å²) in [5, 5.41) is 14.2. The smallest absolute Gasteiger partial charge is 0.295 e. The van der Waals surface area contributed by atoms with E-state index in [1.54, 1.807) is 13.0 Å². The Balaban J connectivity index is 2.29. The van der Waals surface area contributed by atoms with E-state index in [4.69, 9.17) is 0 Å². The first kappa shape index (κ1) is 13.7. The number of nitrogens with one attached hydrogen (secondary N) is 1. The molecule has 1 aliphatic rings. The Hall–Kier alpha value is -1.69. The summed E-state index contributed by atoms with van der Waals surface area (Å²) in [4.78, 5) is 12.5. The van der Waals surface area contributed by atoms with Gasteiger partial charge in [0.05, 0.1) is 11.0 Å². The molecule has 2 rings (SSSR count). The van der Waals surface area contributed by atoms with Crippen molar-refractivity contribution in [2.24, 2.45) is 5.92 Å². The third-order valence-electron chi connectivity index (χ3n) is 3.57. The van der Waals surface area contributed by atoms with Crippen molar-refractivity contribution in [2.45, 2.75) is 13.3 Å². The van der Waals surface area contributed by atoms with Gasteiger partial charge in [-0.05, 0) is 44.5 Å². The number of aryl methyl sites for hydroxylation is 1. The van der Waals surface area contributed by atoms with E-state index >= 15 is 0 Å². The van der Waals surface area contributed by atoms with Crippen molar-refractivity contribution in [3.63, 3.8) is 0 Å². The molecule has 1 aliphatic heterocycles. The second-order valence-electron chi connectivity index (χ2n) is 5.01. The van der Waals surface area contributed by atoms with Crippen LogP contribution in [0, 0.1) is 28.8 Å². The average molecular weight is 267 g/mol. The van der Waals surface area contributed by atoms with Crippen LogP contribution in [-0.4, -0.2) is 31.6 Å². The van der Waals surface area contributed by atoms with Gasteiger partial charge < -0.3 is 10.2 Å². The zero-order valence-corrected chi connectivity index (χ0v) is 11.1. The van der Waals surface area contributed by atoms with Crippen LogP contribution in [0.5, 0.6) is 0 Å². The molecule has 1 heterocycles. The lowest BCUT2D eigenvalue weighted by atomic mass is 10.1. The number of nitro benzene ring substituents is 1. The second kappa shape index (κ2) is 5.52. The van der Waals surface area contributed by atoms with Crippen molar-refractivity contribution >= 4 is 11.4 Å². The standard InChI is InChI=1S/C13H18FN3O2/c1-9-5-12(13(17(18)19)6-11(9)14)16-4-3-10(8-16)7-15-2/h5-6,10,15H,3-4,7-8H2,1-2H3. The zero-order chi connectivity index (χ0) is 14.0. The maximum atomic E-state index is 13.5. The summed E-state index contributed by atoms with van der Waals surface area (Å²) < 4.78 is 13.5. The lowest BCUT2D eigenvalue weighted by Crippen LogP contribution is -2.25. The molecule has 1 unspecified atom stereocenters. The number of hydrogen-bond acceptors (Lipinski definition) is 4. The molecule has 1 atom stereocenters. The summed E-state index contributed by atoms with van der Waals surface area (Å²) in [5.74, 6) is -0.0450. The van der Waals surface area contributed by atoms with Gasteiger partial charge in [-0.15, -0.1) is 0 Å². The van der Waals surface area contributed by atoms with Gasteiger partial charge in [0.25, 0.3) is 5.69 Å². The molecule has 0 amide bonds. The SMILES string of the molecule is CNCC1CCN(c2cc(C)c(F)cc2[N+](=O)[O-])C1. The molecule has 0 saturated carbocycles. The Labute approximate surface area is 111 Å². The highest BCUT2D eigenvalue weighted by atomic mass is 19.1. The summed E-state index contributed by atoms with van der Waals surface area (Å²) in [6, 6.07) is 2.60. The molecule has 0 radical (unpaired) electrons. The van der Waals surface area contributed by atoms with Crippen molar-refractivity contribution in [1.82, 2.24) is 5.32 Å². The first-order valence-electron chi connectivity index (χ1n) is 6.37. The Morgan fingerprint density at radius 1 is 1.58 bits per heavy atom. The molecule has 1 saturated heterocycles. The highest BCUT2D eigenvalue weighted by Gasteiger charge is 2.28. The molecule has 0 bridgehead atoms. The lowest BCUT2D eigenvalue weighted by molar-refractivity contribution is -0.384. The molecule has 1 aromatic rings. The normalized spacial score (nSPS) is 18.9. The number of nitro groups is 1. The van der Waals surface area contributed by atoms with E-state index in [2.05, 4.69) is 5.32 Å². The van der Waals surface area contributed by atoms with E-state index in [1.807, 2.05) is 11.9 Å². The quantitative estimate of drug-likeness (QED) is 0.670. The first-order chi connectivity index (χ1) is 9.02. The van der Waals surface area contributed by atoms with Crippen LogP contribution in [-0.2, 0) is 0 Å². The summed E-state index contributed by atoms with van der Waals surface area (Å²) in [6.45, 7) is 4.07. The van der Waals surface area contributed by atoms with E-state index in [-0.39, 0.29) is 5.69 Å². The topological polar surface area (TPSA) is 58.4 Å². The van der Waals surface area contributed by atoms with Crippen LogP contribution in [0.25, 0.3) is 0 Å². The van der Waals surface area contributed by atoms with Crippen molar-refractivity contribution in [3.05, 3.63) is 33.6 Å². The van der Waals surface area contributed by atoms with Gasteiger partial charge in [0.2, 0.25) is 0 Å². The fourth-order valence-electron chi connectivity index (χ4n) is 2.56. The molecule has 104 valence electrons. The van der Waals surface area contributed by atoms with Gasteiger partial charge in [-0.25, -0.2) is 4.39 Å². The molecule has 1 aromatic carbocycles. The highest BCUT2D eigenvalue weighted by Crippen LogP contribution is 2.34. The van der Waals surface area contributed by atoms with Crippen molar-refractivity contribution in [1.29, 1.82) is 0 Å². The minimum atomic E-state index is -0.526. The molecule has 19 heavy (non-hydrogen) atoms. The Bertz CT molecular complexity index is 493. The number of anilines is 1. The van der Waals surface area contributed by atoms with Crippen LogP contribution in [0.4, 0.5) is 15.8 Å². The summed E-state index contributed by atoms with van der Waals surface area (Å²) in [7, 11) is 1.90. The van der Waals surface area contributed by atoms with E-state index in [0.717, 1.165) is 32.1 Å². The van der Waals surface area contributed by atoms with Gasteiger partial charge in [-0.3, -0.25) is 10.1 Å². The fraction of sp³-hybridized carbons (Fsp3) is 0.538. The van der Waals surface area contributed by atoms with Gasteiger partial charge in [0.15, 0.2) is 0 Å². The van der Waals surface area contributed by atoms with Crippen LogP contribution in [0.3, 0.4) is 0 Å². The second-order valence-corrected chi connectivity index (χ2v) is 5.01. The molecular weight excluding hydrogens is 249 g/mol. The van der Waals surface area contributed by atoms with E-state index in [0.29, 0.717) is 17.2 Å². The maximum Gasteiger partial charge on any atom is 0.295 e. The molecule has 1 fully saturated rings. The first-order valence-corrected chi connectivity index (χ1v) is 6.37. The van der Waals surface area contributed by atoms with E-state index in [1.165, 1.54) is 0 Å². The predicted octanol–water partition coefficient (Wildman–Crippen LogP) is 2.09. The number of benzene rings is 1. The van der Waals surface area contributed by atoms with Crippen LogP contribution >= 0.6 is 0 Å². The highest BCUT2D eigenvalue weighted by molar-refractivity contribution is 5.65. The monoisotopic (exact) mass is 267 g/mol. The molecule has 6 heteroatoms. The number of halogens is 1. The van der Waals surface area contributed by atoms with Crippen molar-refractivity contribution in [3.8, 4) is 0 Å². The number of nitrogens with zero attached hydrogens (tertiary/aromatic N) is 2. The Morgan fingerprint density at radius 3 is 2.95 bits per heavy atom. The van der Waals surface area contributed by atoms with Crippen LogP contribution in [0.15, 0.2) is 12.1 Å². The van der Waals surface area contributed by atoms with E-state index in [9.17, 15) is 14.5 Å². The maximum absolute atomic E-state index is 13.5. The molecule has 1 N–H and O–H groups in total. The van der Waals surface area contributed by atoms with Crippen LogP contribution < -0.4 is 10.2 Å². The van der Waals surface area contributed by atoms with Gasteiger partial charge >= 0.3 is 0 Å². The minimum Gasteiger partial charge on any atom is -0.366 e. The average Bonchev–Trinajstić information content (AvgIpc) is 2.81. The predicted molar refractivity (Wildman–Crippen MR) is 72.0 cm³/mol. The minimum absolute atomic E-state index is 0.145. The van der Waals surface area contributed by atoms with Crippen LogP contribution in [0.1, 0.15) is 12.0 Å².